The van der Waals surface area contributed by atoms with Gasteiger partial charge in [0.05, 0.1) is 11.1 Å². The molecule has 0 unspecified atom stereocenters. The molecule has 0 atom stereocenters. The molecule has 0 aliphatic heterocycles. The summed E-state index contributed by atoms with van der Waals surface area (Å²) >= 11 is 0. The zero-order valence-electron chi connectivity index (χ0n) is 17.6. The van der Waals surface area contributed by atoms with Crippen molar-refractivity contribution in [2.24, 2.45) is 0 Å². The highest BCUT2D eigenvalue weighted by Gasteiger charge is 2.19. The number of aryl methyl sites for hydroxylation is 1. The number of benzene rings is 2. The summed E-state index contributed by atoms with van der Waals surface area (Å²) in [6, 6.07) is 9.21. The van der Waals surface area contributed by atoms with Crippen LogP contribution in [0.2, 0.25) is 0 Å². The van der Waals surface area contributed by atoms with E-state index in [0.717, 1.165) is 37.8 Å². The first kappa shape index (κ1) is 23.1. The normalized spacial score (nSPS) is 10.8. The third-order valence-electron chi connectivity index (χ3n) is 4.82. The first-order valence-electron chi connectivity index (χ1n) is 10.3. The van der Waals surface area contributed by atoms with E-state index in [0.29, 0.717) is 23.4 Å². The molecule has 9 heteroatoms. The van der Waals surface area contributed by atoms with Crippen molar-refractivity contribution in [3.8, 4) is 0 Å². The Morgan fingerprint density at radius 1 is 1.06 bits per heavy atom. The van der Waals surface area contributed by atoms with E-state index in [-0.39, 0.29) is 16.9 Å². The van der Waals surface area contributed by atoms with E-state index in [1.54, 1.807) is 24.3 Å². The van der Waals surface area contributed by atoms with Crippen molar-refractivity contribution in [1.29, 1.82) is 0 Å². The lowest BCUT2D eigenvalue weighted by Crippen LogP contribution is -2.28. The maximum absolute atomic E-state index is 13.7. The van der Waals surface area contributed by atoms with Crippen LogP contribution in [-0.2, 0) is 16.1 Å². The smallest absolute Gasteiger partial charge is 0.359 e. The van der Waals surface area contributed by atoms with E-state index in [1.165, 1.54) is 4.68 Å². The molecule has 32 heavy (non-hydrogen) atoms. The summed E-state index contributed by atoms with van der Waals surface area (Å²) in [6.45, 7) is 1.73. The Morgan fingerprint density at radius 3 is 2.53 bits per heavy atom. The number of unbranched alkanes of at least 4 members (excludes halogenated alkanes) is 3. The number of anilines is 1. The SMILES string of the molecule is CCCCCCn1nc(C(=O)OCC(=O)Nc2ccc(F)cc2F)c2ccccc2c1=O. The van der Waals surface area contributed by atoms with Gasteiger partial charge < -0.3 is 10.1 Å². The third-order valence-corrected chi connectivity index (χ3v) is 4.82. The monoisotopic (exact) mass is 443 g/mol. The first-order chi connectivity index (χ1) is 15.4. The third kappa shape index (κ3) is 5.54. The van der Waals surface area contributed by atoms with Gasteiger partial charge in [0.15, 0.2) is 12.3 Å². The highest BCUT2D eigenvalue weighted by Crippen LogP contribution is 2.16. The van der Waals surface area contributed by atoms with Crippen molar-refractivity contribution in [1.82, 2.24) is 9.78 Å². The number of fused-ring (bicyclic) bond motifs is 1. The van der Waals surface area contributed by atoms with Gasteiger partial charge in [-0.05, 0) is 24.6 Å². The largest absolute Gasteiger partial charge is 0.451 e. The number of ether oxygens (including phenoxy) is 1. The van der Waals surface area contributed by atoms with Crippen LogP contribution in [0.3, 0.4) is 0 Å². The second kappa shape index (κ2) is 10.6. The standard InChI is InChI=1S/C23H23F2N3O4/c1-2-3-4-7-12-28-22(30)17-9-6-5-8-16(17)21(27-28)23(31)32-14-20(29)26-19-11-10-15(24)13-18(19)25/h5-6,8-11,13H,2-4,7,12,14H2,1H3,(H,26,29). The van der Waals surface area contributed by atoms with Gasteiger partial charge in [0, 0.05) is 18.0 Å². The topological polar surface area (TPSA) is 90.3 Å². The minimum absolute atomic E-state index is 0.0866. The number of hydrogen-bond donors (Lipinski definition) is 1. The Kier molecular flexibility index (Phi) is 7.64. The quantitative estimate of drug-likeness (QED) is 0.398. The first-order valence-corrected chi connectivity index (χ1v) is 10.3. The van der Waals surface area contributed by atoms with Gasteiger partial charge >= 0.3 is 5.97 Å². The summed E-state index contributed by atoms with van der Waals surface area (Å²) in [6.07, 6.45) is 3.74. The molecule has 0 spiro atoms. The summed E-state index contributed by atoms with van der Waals surface area (Å²) in [4.78, 5) is 37.4. The molecule has 0 saturated carbocycles. The maximum atomic E-state index is 13.7. The molecule has 1 N–H and O–H groups in total. The molecule has 0 radical (unpaired) electrons. The Balaban J connectivity index is 1.75. The lowest BCUT2D eigenvalue weighted by atomic mass is 10.1. The van der Waals surface area contributed by atoms with Gasteiger partial charge in [-0.1, -0.05) is 44.4 Å². The summed E-state index contributed by atoms with van der Waals surface area (Å²) in [5.41, 5.74) is -0.633. The highest BCUT2D eigenvalue weighted by atomic mass is 19.1. The number of nitrogens with one attached hydrogen (secondary N) is 1. The molecule has 168 valence electrons. The van der Waals surface area contributed by atoms with E-state index in [2.05, 4.69) is 17.3 Å². The molecule has 0 aliphatic carbocycles. The Bertz CT molecular complexity index is 1190. The molecule has 1 amide bonds. The van der Waals surface area contributed by atoms with Gasteiger partial charge in [-0.15, -0.1) is 0 Å². The van der Waals surface area contributed by atoms with Crippen molar-refractivity contribution in [3.63, 3.8) is 0 Å². The van der Waals surface area contributed by atoms with Crippen LogP contribution in [0.15, 0.2) is 47.3 Å². The summed E-state index contributed by atoms with van der Waals surface area (Å²) in [5, 5.41) is 7.03. The molecule has 0 bridgehead atoms. The molecule has 0 saturated heterocycles. The number of hydrogen-bond acceptors (Lipinski definition) is 5. The van der Waals surface area contributed by atoms with Gasteiger partial charge in [-0.3, -0.25) is 9.59 Å². The second-order valence-electron chi connectivity index (χ2n) is 7.23. The van der Waals surface area contributed by atoms with E-state index in [9.17, 15) is 23.2 Å². The number of nitrogens with zero attached hydrogens (tertiary/aromatic N) is 2. The van der Waals surface area contributed by atoms with Crippen molar-refractivity contribution >= 4 is 28.3 Å². The van der Waals surface area contributed by atoms with Crippen molar-refractivity contribution in [2.75, 3.05) is 11.9 Å². The van der Waals surface area contributed by atoms with Crippen LogP contribution in [0.4, 0.5) is 14.5 Å². The Morgan fingerprint density at radius 2 is 1.81 bits per heavy atom. The molecule has 0 fully saturated rings. The van der Waals surface area contributed by atoms with E-state index in [4.69, 9.17) is 4.74 Å². The molecule has 3 rings (SSSR count). The predicted octanol–water partition coefficient (Wildman–Crippen LogP) is 4.05. The van der Waals surface area contributed by atoms with Crippen LogP contribution in [-0.4, -0.2) is 28.3 Å². The molecule has 1 aromatic heterocycles. The molecular formula is C23H23F2N3O4. The highest BCUT2D eigenvalue weighted by molar-refractivity contribution is 6.03. The van der Waals surface area contributed by atoms with Gasteiger partial charge in [-0.2, -0.15) is 5.10 Å². The second-order valence-corrected chi connectivity index (χ2v) is 7.23. The lowest BCUT2D eigenvalue weighted by Gasteiger charge is -2.11. The van der Waals surface area contributed by atoms with Gasteiger partial charge in [0.25, 0.3) is 11.5 Å². The molecule has 7 nitrogen and oxygen atoms in total. The lowest BCUT2D eigenvalue weighted by molar-refractivity contribution is -0.119. The minimum atomic E-state index is -0.951. The number of esters is 1. The van der Waals surface area contributed by atoms with Crippen LogP contribution < -0.4 is 10.9 Å². The summed E-state index contributed by atoms with van der Waals surface area (Å²) in [5.74, 6) is -3.43. The number of halogens is 2. The number of rotatable bonds is 9. The Labute approximate surface area is 183 Å². The fourth-order valence-electron chi connectivity index (χ4n) is 3.20. The molecule has 3 aromatic rings. The van der Waals surface area contributed by atoms with E-state index in [1.807, 2.05) is 0 Å². The fraction of sp³-hybridized carbons (Fsp3) is 0.304. The minimum Gasteiger partial charge on any atom is -0.451 e. The average molecular weight is 443 g/mol. The number of amides is 1. The van der Waals surface area contributed by atoms with Crippen molar-refractivity contribution in [3.05, 3.63) is 70.1 Å². The van der Waals surface area contributed by atoms with Crippen LogP contribution in [0.1, 0.15) is 43.1 Å². The van der Waals surface area contributed by atoms with Crippen LogP contribution in [0.5, 0.6) is 0 Å². The van der Waals surface area contributed by atoms with Crippen LogP contribution in [0, 0.1) is 11.6 Å². The van der Waals surface area contributed by atoms with Crippen LogP contribution >= 0.6 is 0 Å². The molecule has 2 aromatic carbocycles. The Hall–Kier alpha value is -3.62. The maximum Gasteiger partial charge on any atom is 0.359 e. The summed E-state index contributed by atoms with van der Waals surface area (Å²) < 4.78 is 32.9. The average Bonchev–Trinajstić information content (AvgIpc) is 2.78. The number of carbonyl (C=O) groups is 2. The fourth-order valence-corrected chi connectivity index (χ4v) is 3.20. The number of aromatic nitrogens is 2. The van der Waals surface area contributed by atoms with Crippen LogP contribution in [0.25, 0.3) is 10.8 Å². The molecule has 1 heterocycles. The zero-order valence-corrected chi connectivity index (χ0v) is 17.6. The predicted molar refractivity (Wildman–Crippen MR) is 115 cm³/mol. The summed E-state index contributed by atoms with van der Waals surface area (Å²) in [7, 11) is 0. The van der Waals surface area contributed by atoms with Gasteiger partial charge in [0.2, 0.25) is 0 Å². The molecule has 0 aliphatic rings. The van der Waals surface area contributed by atoms with E-state index >= 15 is 0 Å². The van der Waals surface area contributed by atoms with E-state index < -0.39 is 30.1 Å². The molecular weight excluding hydrogens is 420 g/mol. The zero-order chi connectivity index (χ0) is 23.1. The van der Waals surface area contributed by atoms with Crippen molar-refractivity contribution in [2.45, 2.75) is 39.2 Å². The number of carbonyl (C=O) groups excluding carboxylic acids is 2. The van der Waals surface area contributed by atoms with Crippen molar-refractivity contribution < 1.29 is 23.1 Å². The van der Waals surface area contributed by atoms with Gasteiger partial charge in [0.1, 0.15) is 11.6 Å². The van der Waals surface area contributed by atoms with Gasteiger partial charge in [-0.25, -0.2) is 18.3 Å².